The molecule has 0 fully saturated rings. The van der Waals surface area contributed by atoms with E-state index in [1.165, 1.54) is 0 Å². The first-order valence-corrected chi connectivity index (χ1v) is 7.11. The molecule has 0 bridgehead atoms. The van der Waals surface area contributed by atoms with E-state index in [-0.39, 0.29) is 19.6 Å². The maximum Gasteiger partial charge on any atom is 0.321 e. The van der Waals surface area contributed by atoms with Crippen LogP contribution in [0.5, 0.6) is 0 Å². The maximum atomic E-state index is 11.7. The fourth-order valence-electron chi connectivity index (χ4n) is 1.54. The molecule has 0 unspecified atom stereocenters. The zero-order valence-corrected chi connectivity index (χ0v) is 12.9. The van der Waals surface area contributed by atoms with Gasteiger partial charge < -0.3 is 9.47 Å². The number of carbonyl (C=O) groups excluding carboxylic acids is 2. The molecule has 0 aliphatic heterocycles. The van der Waals surface area contributed by atoms with Crippen LogP contribution in [0.4, 0.5) is 0 Å². The van der Waals surface area contributed by atoms with E-state index >= 15 is 0 Å². The van der Waals surface area contributed by atoms with Crippen LogP contribution in [0.3, 0.4) is 0 Å². The van der Waals surface area contributed by atoms with Crippen molar-refractivity contribution in [2.75, 3.05) is 32.8 Å². The Morgan fingerprint density at radius 3 is 1.85 bits per heavy atom. The first-order valence-electron chi connectivity index (χ1n) is 7.11. The van der Waals surface area contributed by atoms with E-state index in [1.54, 1.807) is 13.8 Å². The molecule has 0 amide bonds. The standard InChI is InChI=1S/C15H25NO4/c1-5-16(6-2)12-10-9-11-13(14(17)19-7-3)15(18)20-8-4/h13H,5-8,11-12H2,1-4H3. The van der Waals surface area contributed by atoms with Crippen LogP contribution in [0.2, 0.25) is 0 Å². The fraction of sp³-hybridized carbons (Fsp3) is 0.733. The summed E-state index contributed by atoms with van der Waals surface area (Å²) in [7, 11) is 0. The number of ether oxygens (including phenoxy) is 2. The Balaban J connectivity index is 4.54. The molecule has 0 aromatic heterocycles. The quantitative estimate of drug-likeness (QED) is 0.383. The Hall–Kier alpha value is -1.54. The van der Waals surface area contributed by atoms with Crippen molar-refractivity contribution < 1.29 is 19.1 Å². The lowest BCUT2D eigenvalue weighted by molar-refractivity contribution is -0.161. The normalized spacial score (nSPS) is 10.1. The molecule has 20 heavy (non-hydrogen) atoms. The van der Waals surface area contributed by atoms with Crippen molar-refractivity contribution in [2.45, 2.75) is 34.1 Å². The zero-order valence-electron chi connectivity index (χ0n) is 12.9. The molecule has 0 aromatic rings. The van der Waals surface area contributed by atoms with Crippen molar-refractivity contribution in [3.8, 4) is 11.8 Å². The average Bonchev–Trinajstić information content (AvgIpc) is 2.43. The summed E-state index contributed by atoms with van der Waals surface area (Å²) in [6.45, 7) is 10.5. The van der Waals surface area contributed by atoms with Gasteiger partial charge in [0.1, 0.15) is 0 Å². The molecule has 0 aliphatic carbocycles. The fourth-order valence-corrected chi connectivity index (χ4v) is 1.54. The summed E-state index contributed by atoms with van der Waals surface area (Å²) < 4.78 is 9.75. The molecule has 114 valence electrons. The Labute approximate surface area is 121 Å². The Kier molecular flexibility index (Phi) is 10.4. The molecular weight excluding hydrogens is 258 g/mol. The zero-order chi connectivity index (χ0) is 15.4. The van der Waals surface area contributed by atoms with Crippen molar-refractivity contribution >= 4 is 11.9 Å². The lowest BCUT2D eigenvalue weighted by Gasteiger charge is -2.13. The van der Waals surface area contributed by atoms with Crippen molar-refractivity contribution in [1.29, 1.82) is 0 Å². The molecule has 0 rings (SSSR count). The third-order valence-electron chi connectivity index (χ3n) is 2.77. The predicted molar refractivity (Wildman–Crippen MR) is 76.9 cm³/mol. The number of carbonyl (C=O) groups is 2. The van der Waals surface area contributed by atoms with Crippen LogP contribution in [-0.2, 0) is 19.1 Å². The van der Waals surface area contributed by atoms with E-state index in [1.807, 2.05) is 0 Å². The van der Waals surface area contributed by atoms with Gasteiger partial charge in [0.25, 0.3) is 0 Å². The van der Waals surface area contributed by atoms with Gasteiger partial charge in [-0.25, -0.2) is 0 Å². The number of rotatable bonds is 8. The summed E-state index contributed by atoms with van der Waals surface area (Å²) in [6.07, 6.45) is 0.138. The lowest BCUT2D eigenvalue weighted by atomic mass is 10.1. The summed E-state index contributed by atoms with van der Waals surface area (Å²) in [5.41, 5.74) is 0. The molecule has 0 saturated heterocycles. The first-order chi connectivity index (χ1) is 9.60. The van der Waals surface area contributed by atoms with Gasteiger partial charge in [-0.05, 0) is 26.9 Å². The molecule has 0 atom stereocenters. The largest absolute Gasteiger partial charge is 0.465 e. The van der Waals surface area contributed by atoms with Crippen molar-refractivity contribution in [1.82, 2.24) is 4.90 Å². The smallest absolute Gasteiger partial charge is 0.321 e. The van der Waals surface area contributed by atoms with Gasteiger partial charge in [-0.3, -0.25) is 14.5 Å². The van der Waals surface area contributed by atoms with Crippen molar-refractivity contribution in [3.63, 3.8) is 0 Å². The summed E-state index contributed by atoms with van der Waals surface area (Å²) in [4.78, 5) is 25.5. The van der Waals surface area contributed by atoms with E-state index in [0.717, 1.165) is 13.1 Å². The van der Waals surface area contributed by atoms with Gasteiger partial charge in [0, 0.05) is 6.42 Å². The van der Waals surface area contributed by atoms with E-state index in [9.17, 15) is 9.59 Å². The second-order valence-corrected chi connectivity index (χ2v) is 4.08. The minimum absolute atomic E-state index is 0.138. The third kappa shape index (κ3) is 7.15. The monoisotopic (exact) mass is 283 g/mol. The second kappa shape index (κ2) is 11.3. The second-order valence-electron chi connectivity index (χ2n) is 4.08. The van der Waals surface area contributed by atoms with Crippen LogP contribution in [0, 0.1) is 17.8 Å². The van der Waals surface area contributed by atoms with Crippen molar-refractivity contribution in [3.05, 3.63) is 0 Å². The Morgan fingerprint density at radius 2 is 1.45 bits per heavy atom. The summed E-state index contributed by atoms with van der Waals surface area (Å²) in [5, 5.41) is 0. The van der Waals surface area contributed by atoms with E-state index in [0.29, 0.717) is 6.54 Å². The average molecular weight is 283 g/mol. The van der Waals surface area contributed by atoms with E-state index in [4.69, 9.17) is 9.47 Å². The molecule has 5 heteroatoms. The highest BCUT2D eigenvalue weighted by atomic mass is 16.6. The number of nitrogens with zero attached hydrogens (tertiary/aromatic N) is 1. The van der Waals surface area contributed by atoms with Crippen LogP contribution < -0.4 is 0 Å². The Morgan fingerprint density at radius 1 is 0.950 bits per heavy atom. The highest BCUT2D eigenvalue weighted by Crippen LogP contribution is 2.08. The number of hydrogen-bond acceptors (Lipinski definition) is 5. The molecule has 0 spiro atoms. The van der Waals surface area contributed by atoms with Gasteiger partial charge in [-0.2, -0.15) is 0 Å². The molecule has 0 aromatic carbocycles. The predicted octanol–water partition coefficient (Wildman–Crippen LogP) is 1.46. The van der Waals surface area contributed by atoms with Gasteiger partial charge >= 0.3 is 11.9 Å². The molecule has 0 heterocycles. The lowest BCUT2D eigenvalue weighted by Crippen LogP contribution is -2.28. The van der Waals surface area contributed by atoms with Crippen LogP contribution in [0.25, 0.3) is 0 Å². The van der Waals surface area contributed by atoms with Crippen LogP contribution in [-0.4, -0.2) is 49.7 Å². The minimum atomic E-state index is -0.945. The first kappa shape index (κ1) is 18.5. The molecule has 0 aliphatic rings. The van der Waals surface area contributed by atoms with Gasteiger partial charge in [0.05, 0.1) is 19.8 Å². The van der Waals surface area contributed by atoms with Gasteiger partial charge in [-0.1, -0.05) is 19.8 Å². The summed E-state index contributed by atoms with van der Waals surface area (Å²) in [5.74, 6) is 3.76. The van der Waals surface area contributed by atoms with Crippen LogP contribution in [0.1, 0.15) is 34.1 Å². The molecule has 0 radical (unpaired) electrons. The number of hydrogen-bond donors (Lipinski definition) is 0. The Bertz CT molecular complexity index is 335. The van der Waals surface area contributed by atoms with E-state index in [2.05, 4.69) is 30.6 Å². The molecule has 5 nitrogen and oxygen atoms in total. The number of esters is 2. The summed E-state index contributed by atoms with van der Waals surface area (Å²) in [6, 6.07) is 0. The van der Waals surface area contributed by atoms with Crippen molar-refractivity contribution in [2.24, 2.45) is 5.92 Å². The highest BCUT2D eigenvalue weighted by molar-refractivity contribution is 5.95. The van der Waals surface area contributed by atoms with E-state index < -0.39 is 17.9 Å². The van der Waals surface area contributed by atoms with Crippen LogP contribution in [0.15, 0.2) is 0 Å². The minimum Gasteiger partial charge on any atom is -0.465 e. The van der Waals surface area contributed by atoms with Crippen LogP contribution >= 0.6 is 0 Å². The van der Waals surface area contributed by atoms with Gasteiger partial charge in [-0.15, -0.1) is 5.92 Å². The van der Waals surface area contributed by atoms with Gasteiger partial charge in [0.2, 0.25) is 0 Å². The third-order valence-corrected chi connectivity index (χ3v) is 2.77. The molecule has 0 saturated carbocycles. The maximum absolute atomic E-state index is 11.7. The topological polar surface area (TPSA) is 55.8 Å². The highest BCUT2D eigenvalue weighted by Gasteiger charge is 2.28. The van der Waals surface area contributed by atoms with Gasteiger partial charge in [0.15, 0.2) is 5.92 Å². The molecule has 0 N–H and O–H groups in total. The SMILES string of the molecule is CCOC(=O)C(CC#CCN(CC)CC)C(=O)OCC. The molecular formula is C15H25NO4. The summed E-state index contributed by atoms with van der Waals surface area (Å²) >= 11 is 0.